The Morgan fingerprint density at radius 1 is 1.00 bits per heavy atom. The van der Waals surface area contributed by atoms with Gasteiger partial charge in [0.25, 0.3) is 0 Å². The van der Waals surface area contributed by atoms with E-state index in [9.17, 15) is 0 Å². The van der Waals surface area contributed by atoms with Crippen LogP contribution in [0.3, 0.4) is 0 Å². The molecule has 4 atom stereocenters. The molecule has 118 valence electrons. The van der Waals surface area contributed by atoms with Gasteiger partial charge in [-0.1, -0.05) is 33.6 Å². The van der Waals surface area contributed by atoms with Crippen molar-refractivity contribution in [2.75, 3.05) is 13.6 Å². The Balaban J connectivity index is 2.11. The first kappa shape index (κ1) is 16.3. The van der Waals surface area contributed by atoms with Gasteiger partial charge in [-0.25, -0.2) is 0 Å². The van der Waals surface area contributed by atoms with Crippen LogP contribution in [0.15, 0.2) is 0 Å². The molecule has 0 amide bonds. The second-order valence-electron chi connectivity index (χ2n) is 8.27. The number of hydrogen-bond acceptors (Lipinski definition) is 2. The van der Waals surface area contributed by atoms with E-state index in [0.29, 0.717) is 11.5 Å². The summed E-state index contributed by atoms with van der Waals surface area (Å²) in [6.45, 7) is 11.1. The predicted octanol–water partition coefficient (Wildman–Crippen LogP) is 4.05. The van der Waals surface area contributed by atoms with Gasteiger partial charge in [-0.3, -0.25) is 4.90 Å². The molecule has 1 saturated carbocycles. The molecule has 2 heteroatoms. The van der Waals surface area contributed by atoms with Crippen molar-refractivity contribution in [1.82, 2.24) is 10.2 Å². The third-order valence-corrected chi connectivity index (χ3v) is 5.94. The molecule has 1 aliphatic heterocycles. The lowest BCUT2D eigenvalue weighted by atomic mass is 9.69. The largest absolute Gasteiger partial charge is 0.315 e. The van der Waals surface area contributed by atoms with E-state index in [1.165, 1.54) is 51.5 Å². The normalized spacial score (nSPS) is 37.6. The zero-order valence-corrected chi connectivity index (χ0v) is 14.4. The van der Waals surface area contributed by atoms with Crippen LogP contribution in [0, 0.1) is 11.3 Å². The highest BCUT2D eigenvalue weighted by Crippen LogP contribution is 2.40. The second-order valence-corrected chi connectivity index (χ2v) is 8.27. The maximum atomic E-state index is 3.62. The monoisotopic (exact) mass is 280 g/mol. The van der Waals surface area contributed by atoms with Gasteiger partial charge in [0.2, 0.25) is 0 Å². The standard InChI is InChI=1S/C18H36N2/c1-14-9-7-6-8-12-20(14)17-13-15(18(2,3)4)10-11-16(17)19-5/h14-17,19H,6-13H2,1-5H3. The molecule has 4 unspecified atom stereocenters. The van der Waals surface area contributed by atoms with Gasteiger partial charge in [-0.15, -0.1) is 0 Å². The lowest BCUT2D eigenvalue weighted by Crippen LogP contribution is -2.56. The van der Waals surface area contributed by atoms with Gasteiger partial charge in [0.1, 0.15) is 0 Å². The number of likely N-dealkylation sites (N-methyl/N-ethyl adjacent to an activating group) is 1. The molecule has 0 radical (unpaired) electrons. The number of nitrogens with one attached hydrogen (secondary N) is 1. The minimum Gasteiger partial charge on any atom is -0.315 e. The van der Waals surface area contributed by atoms with Crippen molar-refractivity contribution in [2.24, 2.45) is 11.3 Å². The van der Waals surface area contributed by atoms with E-state index in [1.807, 2.05) is 0 Å². The summed E-state index contributed by atoms with van der Waals surface area (Å²) in [5, 5.41) is 3.62. The SMILES string of the molecule is CNC1CCC(C(C)(C)C)CC1N1CCCCCC1C. The van der Waals surface area contributed by atoms with Crippen molar-refractivity contribution in [2.45, 2.75) is 90.8 Å². The van der Waals surface area contributed by atoms with Gasteiger partial charge in [0, 0.05) is 18.1 Å². The molecule has 0 spiro atoms. The molecule has 2 aliphatic rings. The Bertz CT molecular complexity index is 294. The summed E-state index contributed by atoms with van der Waals surface area (Å²) in [5.74, 6) is 0.882. The summed E-state index contributed by atoms with van der Waals surface area (Å²) in [7, 11) is 2.16. The molecule has 1 heterocycles. The van der Waals surface area contributed by atoms with E-state index in [4.69, 9.17) is 0 Å². The van der Waals surface area contributed by atoms with Crippen LogP contribution in [0.25, 0.3) is 0 Å². The maximum absolute atomic E-state index is 3.62. The highest BCUT2D eigenvalue weighted by Gasteiger charge is 2.39. The fraction of sp³-hybridized carbons (Fsp3) is 1.00. The third-order valence-electron chi connectivity index (χ3n) is 5.94. The number of nitrogens with zero attached hydrogens (tertiary/aromatic N) is 1. The molecule has 2 rings (SSSR count). The lowest BCUT2D eigenvalue weighted by Gasteiger charge is -2.47. The van der Waals surface area contributed by atoms with Crippen LogP contribution >= 0.6 is 0 Å². The Morgan fingerprint density at radius 2 is 1.75 bits per heavy atom. The lowest BCUT2D eigenvalue weighted by molar-refractivity contribution is 0.0402. The number of likely N-dealkylation sites (tertiary alicyclic amines) is 1. The van der Waals surface area contributed by atoms with Gasteiger partial charge in [-0.05, 0) is 64.0 Å². The average Bonchev–Trinajstić information content (AvgIpc) is 2.61. The van der Waals surface area contributed by atoms with Crippen LogP contribution in [0.1, 0.15) is 72.6 Å². The first-order valence-corrected chi connectivity index (χ1v) is 8.86. The van der Waals surface area contributed by atoms with E-state index in [1.54, 1.807) is 0 Å². The fourth-order valence-corrected chi connectivity index (χ4v) is 4.43. The summed E-state index contributed by atoms with van der Waals surface area (Å²) < 4.78 is 0. The van der Waals surface area contributed by atoms with Gasteiger partial charge in [0.05, 0.1) is 0 Å². The van der Waals surface area contributed by atoms with Crippen LogP contribution in [0.2, 0.25) is 0 Å². The van der Waals surface area contributed by atoms with Crippen LogP contribution in [0.4, 0.5) is 0 Å². The van der Waals surface area contributed by atoms with Crippen LogP contribution in [0.5, 0.6) is 0 Å². The van der Waals surface area contributed by atoms with Crippen LogP contribution < -0.4 is 5.32 Å². The zero-order valence-electron chi connectivity index (χ0n) is 14.4. The third kappa shape index (κ3) is 3.76. The summed E-state index contributed by atoms with van der Waals surface area (Å²) in [5.41, 5.74) is 0.464. The summed E-state index contributed by atoms with van der Waals surface area (Å²) in [6.07, 6.45) is 9.79. The Labute approximate surface area is 126 Å². The van der Waals surface area contributed by atoms with Crippen molar-refractivity contribution in [3.8, 4) is 0 Å². The van der Waals surface area contributed by atoms with Crippen molar-refractivity contribution >= 4 is 0 Å². The van der Waals surface area contributed by atoms with Gasteiger partial charge < -0.3 is 5.32 Å². The summed E-state index contributed by atoms with van der Waals surface area (Å²) >= 11 is 0. The minimum atomic E-state index is 0.464. The molecule has 20 heavy (non-hydrogen) atoms. The van der Waals surface area contributed by atoms with Crippen molar-refractivity contribution in [3.63, 3.8) is 0 Å². The maximum Gasteiger partial charge on any atom is 0.0254 e. The summed E-state index contributed by atoms with van der Waals surface area (Å²) in [4.78, 5) is 2.85. The van der Waals surface area contributed by atoms with Crippen LogP contribution in [-0.2, 0) is 0 Å². The van der Waals surface area contributed by atoms with Crippen molar-refractivity contribution in [1.29, 1.82) is 0 Å². The molecule has 1 aliphatic carbocycles. The molecule has 0 aromatic rings. The molecule has 1 saturated heterocycles. The summed E-state index contributed by atoms with van der Waals surface area (Å²) in [6, 6.07) is 2.23. The van der Waals surface area contributed by atoms with Crippen molar-refractivity contribution < 1.29 is 0 Å². The molecular weight excluding hydrogens is 244 g/mol. The Hall–Kier alpha value is -0.0800. The Kier molecular flexibility index (Phi) is 5.53. The first-order valence-electron chi connectivity index (χ1n) is 8.86. The highest BCUT2D eigenvalue weighted by atomic mass is 15.2. The second kappa shape index (κ2) is 6.79. The zero-order chi connectivity index (χ0) is 14.8. The van der Waals surface area contributed by atoms with E-state index in [2.05, 4.69) is 45.0 Å². The molecule has 2 nitrogen and oxygen atoms in total. The van der Waals surface area contributed by atoms with E-state index in [-0.39, 0.29) is 0 Å². The van der Waals surface area contributed by atoms with Gasteiger partial charge >= 0.3 is 0 Å². The Morgan fingerprint density at radius 3 is 2.40 bits per heavy atom. The van der Waals surface area contributed by atoms with Crippen LogP contribution in [-0.4, -0.2) is 36.6 Å². The minimum absolute atomic E-state index is 0.464. The smallest absolute Gasteiger partial charge is 0.0254 e. The highest BCUT2D eigenvalue weighted by molar-refractivity contribution is 4.95. The fourth-order valence-electron chi connectivity index (χ4n) is 4.43. The topological polar surface area (TPSA) is 15.3 Å². The van der Waals surface area contributed by atoms with E-state index in [0.717, 1.165) is 18.0 Å². The molecule has 0 bridgehead atoms. The number of rotatable bonds is 2. The predicted molar refractivity (Wildman–Crippen MR) is 88.1 cm³/mol. The quantitative estimate of drug-likeness (QED) is 0.821. The van der Waals surface area contributed by atoms with Crippen molar-refractivity contribution in [3.05, 3.63) is 0 Å². The molecule has 0 aromatic carbocycles. The number of hydrogen-bond donors (Lipinski definition) is 1. The molecular formula is C18H36N2. The van der Waals surface area contributed by atoms with Gasteiger partial charge in [0.15, 0.2) is 0 Å². The van der Waals surface area contributed by atoms with E-state index < -0.39 is 0 Å². The molecule has 1 N–H and O–H groups in total. The molecule has 0 aromatic heterocycles. The first-order chi connectivity index (χ1) is 9.43. The molecule has 2 fully saturated rings. The average molecular weight is 280 g/mol. The van der Waals surface area contributed by atoms with Gasteiger partial charge in [-0.2, -0.15) is 0 Å². The van der Waals surface area contributed by atoms with E-state index >= 15 is 0 Å².